The quantitative estimate of drug-likeness (QED) is 0.839. The number of rotatable bonds is 4. The third kappa shape index (κ3) is 4.00. The van der Waals surface area contributed by atoms with E-state index in [1.54, 1.807) is 43.3 Å². The number of sulfonamides is 1. The zero-order valence-corrected chi connectivity index (χ0v) is 14.4. The largest absolute Gasteiger partial charge is 0.349 e. The van der Waals surface area contributed by atoms with Crippen LogP contribution in [0.15, 0.2) is 24.3 Å². The van der Waals surface area contributed by atoms with Crippen molar-refractivity contribution in [3.63, 3.8) is 0 Å². The predicted molar refractivity (Wildman–Crippen MR) is 87.1 cm³/mol. The first-order valence-corrected chi connectivity index (χ1v) is 9.22. The lowest BCUT2D eigenvalue weighted by molar-refractivity contribution is -0.134. The first-order chi connectivity index (χ1) is 10.3. The van der Waals surface area contributed by atoms with Crippen LogP contribution in [-0.2, 0) is 20.6 Å². The highest BCUT2D eigenvalue weighted by Gasteiger charge is 2.31. The average molecular weight is 345 g/mol. The molecule has 0 atom stereocenters. The molecule has 0 N–H and O–H groups in total. The van der Waals surface area contributed by atoms with Crippen LogP contribution in [0, 0.1) is 5.92 Å². The van der Waals surface area contributed by atoms with Crippen molar-refractivity contribution in [2.45, 2.75) is 18.6 Å². The highest BCUT2D eigenvalue weighted by atomic mass is 35.5. The fraction of sp³-hybridized carbons (Fsp3) is 0.533. The normalized spacial score (nSPS) is 17.4. The molecule has 1 aromatic rings. The van der Waals surface area contributed by atoms with Crippen LogP contribution >= 0.6 is 11.6 Å². The van der Waals surface area contributed by atoms with E-state index in [1.165, 1.54) is 4.31 Å². The van der Waals surface area contributed by atoms with Crippen molar-refractivity contribution in [2.75, 3.05) is 27.2 Å². The minimum atomic E-state index is -3.40. The Labute approximate surface area is 136 Å². The first kappa shape index (κ1) is 17.2. The molecule has 0 aromatic heterocycles. The summed E-state index contributed by atoms with van der Waals surface area (Å²) in [6.07, 6.45) is 1.14. The number of benzene rings is 1. The summed E-state index contributed by atoms with van der Waals surface area (Å²) in [6, 6.07) is 6.96. The number of hydrogen-bond acceptors (Lipinski definition) is 3. The molecule has 2 rings (SSSR count). The van der Waals surface area contributed by atoms with Gasteiger partial charge in [0, 0.05) is 38.1 Å². The van der Waals surface area contributed by atoms with E-state index in [1.807, 2.05) is 0 Å². The van der Waals surface area contributed by atoms with E-state index in [-0.39, 0.29) is 17.6 Å². The molecular formula is C15H21ClN2O3S. The number of carbonyl (C=O) groups is 1. The average Bonchev–Trinajstić information content (AvgIpc) is 2.49. The van der Waals surface area contributed by atoms with Gasteiger partial charge in [0.25, 0.3) is 0 Å². The second-order valence-corrected chi connectivity index (χ2v) is 8.13. The second kappa shape index (κ2) is 6.98. The number of piperidine rings is 1. The van der Waals surface area contributed by atoms with E-state index in [4.69, 9.17) is 11.6 Å². The highest BCUT2D eigenvalue weighted by molar-refractivity contribution is 7.88. The van der Waals surface area contributed by atoms with Crippen molar-refractivity contribution >= 4 is 27.5 Å². The van der Waals surface area contributed by atoms with E-state index in [0.29, 0.717) is 36.5 Å². The summed E-state index contributed by atoms with van der Waals surface area (Å²) in [7, 11) is 0.0458. The molecule has 0 unspecified atom stereocenters. The van der Waals surface area contributed by atoms with Crippen LogP contribution < -0.4 is 0 Å². The summed E-state index contributed by atoms with van der Waals surface area (Å²) in [5.41, 5.74) is 0.607. The van der Waals surface area contributed by atoms with Crippen molar-refractivity contribution in [2.24, 2.45) is 5.92 Å². The van der Waals surface area contributed by atoms with Gasteiger partial charge in [-0.05, 0) is 24.5 Å². The third-order valence-corrected chi connectivity index (χ3v) is 6.13. The molecule has 0 radical (unpaired) electrons. The van der Waals surface area contributed by atoms with Gasteiger partial charge in [-0.25, -0.2) is 12.7 Å². The van der Waals surface area contributed by atoms with Gasteiger partial charge in [0.05, 0.1) is 5.75 Å². The Kier molecular flexibility index (Phi) is 5.47. The Bertz CT molecular complexity index is 638. The Morgan fingerprint density at radius 3 is 2.41 bits per heavy atom. The summed E-state index contributed by atoms with van der Waals surface area (Å²) >= 11 is 6.04. The maximum absolute atomic E-state index is 12.5. The van der Waals surface area contributed by atoms with Crippen LogP contribution in [0.5, 0.6) is 0 Å². The molecule has 0 saturated carbocycles. The van der Waals surface area contributed by atoms with E-state index in [2.05, 4.69) is 0 Å². The molecule has 1 saturated heterocycles. The number of halogens is 1. The number of hydrogen-bond donors (Lipinski definition) is 0. The summed E-state index contributed by atoms with van der Waals surface area (Å²) < 4.78 is 26.4. The maximum atomic E-state index is 12.5. The van der Waals surface area contributed by atoms with Crippen molar-refractivity contribution in [3.05, 3.63) is 34.9 Å². The summed E-state index contributed by atoms with van der Waals surface area (Å²) in [6.45, 7) is 0.772. The third-order valence-electron chi connectivity index (χ3n) is 3.93. The van der Waals surface area contributed by atoms with Crippen LogP contribution in [0.1, 0.15) is 18.4 Å². The van der Waals surface area contributed by atoms with Gasteiger partial charge >= 0.3 is 0 Å². The monoisotopic (exact) mass is 344 g/mol. The topological polar surface area (TPSA) is 57.7 Å². The van der Waals surface area contributed by atoms with Crippen LogP contribution in [0.3, 0.4) is 0 Å². The van der Waals surface area contributed by atoms with Crippen LogP contribution in [-0.4, -0.2) is 50.7 Å². The molecule has 1 aliphatic rings. The van der Waals surface area contributed by atoms with E-state index < -0.39 is 10.0 Å². The second-order valence-electron chi connectivity index (χ2n) is 5.75. The Morgan fingerprint density at radius 2 is 1.86 bits per heavy atom. The minimum absolute atomic E-state index is 0.0724. The smallest absolute Gasteiger partial charge is 0.225 e. The van der Waals surface area contributed by atoms with Crippen LogP contribution in [0.2, 0.25) is 5.02 Å². The van der Waals surface area contributed by atoms with Gasteiger partial charge in [-0.3, -0.25) is 4.79 Å². The van der Waals surface area contributed by atoms with Gasteiger partial charge in [-0.2, -0.15) is 0 Å². The Hall–Kier alpha value is -1.11. The molecule has 5 nitrogen and oxygen atoms in total. The number of amides is 1. The molecule has 1 fully saturated rings. The molecule has 7 heteroatoms. The zero-order valence-electron chi connectivity index (χ0n) is 12.8. The van der Waals surface area contributed by atoms with Gasteiger partial charge in [0.1, 0.15) is 0 Å². The number of carbonyl (C=O) groups excluding carboxylic acids is 1. The molecule has 0 bridgehead atoms. The van der Waals surface area contributed by atoms with Gasteiger partial charge in [-0.15, -0.1) is 0 Å². The van der Waals surface area contributed by atoms with Gasteiger partial charge < -0.3 is 4.90 Å². The standard InChI is InChI=1S/C15H21ClN2O3S/c1-17(2)15(19)12-7-9-18(10-8-12)22(20,21)11-13-5-3-4-6-14(13)16/h3-6,12H,7-11H2,1-2H3. The van der Waals surface area contributed by atoms with E-state index in [9.17, 15) is 13.2 Å². The SMILES string of the molecule is CN(C)C(=O)C1CCN(S(=O)(=O)Cc2ccccc2Cl)CC1. The van der Waals surface area contributed by atoms with Crippen molar-refractivity contribution in [3.8, 4) is 0 Å². The van der Waals surface area contributed by atoms with Crippen LogP contribution in [0.4, 0.5) is 0 Å². The zero-order chi connectivity index (χ0) is 16.3. The van der Waals surface area contributed by atoms with Crippen molar-refractivity contribution in [1.29, 1.82) is 0 Å². The molecule has 22 heavy (non-hydrogen) atoms. The Morgan fingerprint density at radius 1 is 1.27 bits per heavy atom. The summed E-state index contributed by atoms with van der Waals surface area (Å²) in [4.78, 5) is 13.5. The van der Waals surface area contributed by atoms with Crippen molar-refractivity contribution < 1.29 is 13.2 Å². The van der Waals surface area contributed by atoms with Gasteiger partial charge in [0.2, 0.25) is 15.9 Å². The molecule has 1 heterocycles. The molecule has 0 spiro atoms. The number of nitrogens with zero attached hydrogens (tertiary/aromatic N) is 2. The molecule has 0 aliphatic carbocycles. The molecule has 1 aromatic carbocycles. The predicted octanol–water partition coefficient (Wildman–Crippen LogP) is 1.97. The molecular weight excluding hydrogens is 324 g/mol. The van der Waals surface area contributed by atoms with Crippen LogP contribution in [0.25, 0.3) is 0 Å². The summed E-state index contributed by atoms with van der Waals surface area (Å²) in [5.74, 6) is -0.108. The minimum Gasteiger partial charge on any atom is -0.349 e. The van der Waals surface area contributed by atoms with Crippen molar-refractivity contribution in [1.82, 2.24) is 9.21 Å². The highest BCUT2D eigenvalue weighted by Crippen LogP contribution is 2.24. The molecule has 1 aliphatic heterocycles. The lowest BCUT2D eigenvalue weighted by atomic mass is 9.97. The molecule has 122 valence electrons. The molecule has 1 amide bonds. The summed E-state index contributed by atoms with van der Waals surface area (Å²) in [5, 5.41) is 0.462. The first-order valence-electron chi connectivity index (χ1n) is 7.23. The van der Waals surface area contributed by atoms with Gasteiger partial charge in [0.15, 0.2) is 0 Å². The fourth-order valence-electron chi connectivity index (χ4n) is 2.65. The Balaban J connectivity index is 2.01. The van der Waals surface area contributed by atoms with E-state index in [0.717, 1.165) is 0 Å². The maximum Gasteiger partial charge on any atom is 0.225 e. The fourth-order valence-corrected chi connectivity index (χ4v) is 4.53. The lowest BCUT2D eigenvalue weighted by Crippen LogP contribution is -2.43. The van der Waals surface area contributed by atoms with Gasteiger partial charge in [-0.1, -0.05) is 29.8 Å². The van der Waals surface area contributed by atoms with E-state index >= 15 is 0 Å². The lowest BCUT2D eigenvalue weighted by Gasteiger charge is -2.31.